The lowest BCUT2D eigenvalue weighted by Gasteiger charge is -2.13. The van der Waals surface area contributed by atoms with Crippen LogP contribution >= 0.6 is 0 Å². The van der Waals surface area contributed by atoms with Gasteiger partial charge in [0.1, 0.15) is 0 Å². The summed E-state index contributed by atoms with van der Waals surface area (Å²) in [6.07, 6.45) is -3.17. The van der Waals surface area contributed by atoms with Crippen LogP contribution in [0, 0.1) is 6.92 Å². The lowest BCUT2D eigenvalue weighted by molar-refractivity contribution is -0.159. The quantitative estimate of drug-likeness (QED) is 0.511. The van der Waals surface area contributed by atoms with Crippen molar-refractivity contribution < 1.29 is 26.1 Å². The van der Waals surface area contributed by atoms with E-state index in [1.165, 1.54) is 24.3 Å². The SMILES string of the molecule is Cc1ccc2ncccc2c1S(=O)(=O)Nc1ccc(-c2noc(C(F)(F)F)n2)cc1. The fourth-order valence-corrected chi connectivity index (χ4v) is 4.44. The van der Waals surface area contributed by atoms with E-state index < -0.39 is 22.1 Å². The number of anilines is 1. The molecule has 7 nitrogen and oxygen atoms in total. The number of aromatic nitrogens is 3. The molecule has 0 amide bonds. The number of nitrogens with zero attached hydrogens (tertiary/aromatic N) is 3. The van der Waals surface area contributed by atoms with Crippen LogP contribution in [0.15, 0.2) is 64.1 Å². The van der Waals surface area contributed by atoms with Crippen molar-refractivity contribution in [1.82, 2.24) is 15.1 Å². The van der Waals surface area contributed by atoms with Gasteiger partial charge in [-0.1, -0.05) is 11.2 Å². The molecule has 0 saturated heterocycles. The Kier molecular flexibility index (Phi) is 4.69. The first-order valence-electron chi connectivity index (χ1n) is 8.54. The highest BCUT2D eigenvalue weighted by Gasteiger charge is 2.38. The summed E-state index contributed by atoms with van der Waals surface area (Å²) < 4.78 is 70.5. The third-order valence-corrected chi connectivity index (χ3v) is 5.85. The van der Waals surface area contributed by atoms with Crippen molar-refractivity contribution in [3.8, 4) is 11.4 Å². The molecule has 0 aliphatic rings. The number of benzene rings is 2. The summed E-state index contributed by atoms with van der Waals surface area (Å²) in [6.45, 7) is 1.68. The third-order valence-electron chi connectivity index (χ3n) is 4.27. The number of hydrogen-bond acceptors (Lipinski definition) is 6. The molecular weight excluding hydrogens is 421 g/mol. The van der Waals surface area contributed by atoms with Crippen LogP contribution in [0.25, 0.3) is 22.3 Å². The van der Waals surface area contributed by atoms with Gasteiger partial charge in [-0.3, -0.25) is 9.71 Å². The van der Waals surface area contributed by atoms with Gasteiger partial charge in [0.15, 0.2) is 0 Å². The monoisotopic (exact) mass is 434 g/mol. The van der Waals surface area contributed by atoms with Gasteiger partial charge < -0.3 is 4.52 Å². The van der Waals surface area contributed by atoms with E-state index in [2.05, 4.69) is 24.4 Å². The lowest BCUT2D eigenvalue weighted by Crippen LogP contribution is -2.15. The van der Waals surface area contributed by atoms with Gasteiger partial charge in [0.2, 0.25) is 5.82 Å². The van der Waals surface area contributed by atoms with Crippen molar-refractivity contribution in [3.63, 3.8) is 0 Å². The summed E-state index contributed by atoms with van der Waals surface area (Å²) in [7, 11) is -3.95. The van der Waals surface area contributed by atoms with Crippen LogP contribution in [0.3, 0.4) is 0 Å². The fourth-order valence-electron chi connectivity index (χ4n) is 2.94. The first kappa shape index (κ1) is 19.8. The number of pyridine rings is 1. The molecule has 0 spiro atoms. The number of fused-ring (bicyclic) bond motifs is 1. The molecule has 4 aromatic rings. The predicted molar refractivity (Wildman–Crippen MR) is 102 cm³/mol. The van der Waals surface area contributed by atoms with Crippen molar-refractivity contribution in [3.05, 3.63) is 66.2 Å². The van der Waals surface area contributed by atoms with E-state index in [-0.39, 0.29) is 22.0 Å². The summed E-state index contributed by atoms with van der Waals surface area (Å²) in [5, 5.41) is 3.78. The second-order valence-corrected chi connectivity index (χ2v) is 8.00. The molecule has 11 heteroatoms. The van der Waals surface area contributed by atoms with Crippen molar-refractivity contribution in [2.75, 3.05) is 4.72 Å². The van der Waals surface area contributed by atoms with E-state index in [0.29, 0.717) is 16.5 Å². The number of alkyl halides is 3. The summed E-state index contributed by atoms with van der Waals surface area (Å²) in [5.74, 6) is -1.71. The Balaban J connectivity index is 1.64. The molecule has 2 heterocycles. The highest BCUT2D eigenvalue weighted by molar-refractivity contribution is 7.93. The molecule has 0 aliphatic heterocycles. The zero-order valence-corrected chi connectivity index (χ0v) is 16.1. The minimum atomic E-state index is -4.74. The third kappa shape index (κ3) is 3.71. The number of nitrogens with one attached hydrogen (secondary N) is 1. The zero-order chi connectivity index (χ0) is 21.5. The Morgan fingerprint density at radius 3 is 2.43 bits per heavy atom. The predicted octanol–water partition coefficient (Wildman–Crippen LogP) is 4.41. The second-order valence-electron chi connectivity index (χ2n) is 6.39. The molecular formula is C19H13F3N4O3S. The number of aryl methyl sites for hydroxylation is 1. The highest BCUT2D eigenvalue weighted by Crippen LogP contribution is 2.30. The van der Waals surface area contributed by atoms with Crippen LogP contribution in [0.4, 0.5) is 18.9 Å². The van der Waals surface area contributed by atoms with Crippen LogP contribution < -0.4 is 4.72 Å². The summed E-state index contributed by atoms with van der Waals surface area (Å²) in [5.41, 5.74) is 1.55. The molecule has 0 fully saturated rings. The van der Waals surface area contributed by atoms with Crippen LogP contribution in [0.2, 0.25) is 0 Å². The molecule has 2 aromatic heterocycles. The van der Waals surface area contributed by atoms with E-state index in [9.17, 15) is 21.6 Å². The number of sulfonamides is 1. The minimum absolute atomic E-state index is 0.102. The van der Waals surface area contributed by atoms with Gasteiger partial charge in [-0.2, -0.15) is 18.2 Å². The molecule has 30 heavy (non-hydrogen) atoms. The molecule has 0 saturated carbocycles. The van der Waals surface area contributed by atoms with Gasteiger partial charge in [-0.05, 0) is 55.0 Å². The maximum Gasteiger partial charge on any atom is 0.471 e. The van der Waals surface area contributed by atoms with Crippen molar-refractivity contribution in [2.45, 2.75) is 18.0 Å². The summed E-state index contributed by atoms with van der Waals surface area (Å²) in [6, 6.07) is 12.3. The standard InChI is InChI=1S/C19H13F3N4O3S/c1-11-4-9-15-14(3-2-10-23-15)16(11)30(27,28)26-13-7-5-12(6-8-13)17-24-18(29-25-17)19(20,21)22/h2-10,26H,1H3. The Morgan fingerprint density at radius 2 is 1.77 bits per heavy atom. The van der Waals surface area contributed by atoms with E-state index in [1.54, 1.807) is 37.4 Å². The highest BCUT2D eigenvalue weighted by atomic mass is 32.2. The van der Waals surface area contributed by atoms with Crippen LogP contribution in [0.1, 0.15) is 11.5 Å². The number of hydrogen-bond donors (Lipinski definition) is 1. The Morgan fingerprint density at radius 1 is 1.03 bits per heavy atom. The molecule has 0 aliphatic carbocycles. The lowest BCUT2D eigenvalue weighted by atomic mass is 10.1. The van der Waals surface area contributed by atoms with Gasteiger partial charge in [-0.15, -0.1) is 0 Å². The zero-order valence-electron chi connectivity index (χ0n) is 15.3. The van der Waals surface area contributed by atoms with E-state index in [0.717, 1.165) is 0 Å². The molecule has 0 atom stereocenters. The molecule has 0 unspecified atom stereocenters. The molecule has 0 radical (unpaired) electrons. The average molecular weight is 434 g/mol. The van der Waals surface area contributed by atoms with Crippen LogP contribution in [-0.2, 0) is 16.2 Å². The smallest absolute Gasteiger partial charge is 0.329 e. The Labute approximate surface area is 168 Å². The first-order chi connectivity index (χ1) is 14.1. The average Bonchev–Trinajstić information content (AvgIpc) is 3.18. The van der Waals surface area contributed by atoms with Gasteiger partial charge >= 0.3 is 12.1 Å². The largest absolute Gasteiger partial charge is 0.471 e. The van der Waals surface area contributed by atoms with E-state index in [1.807, 2.05) is 0 Å². The first-order valence-corrected chi connectivity index (χ1v) is 10.0. The van der Waals surface area contributed by atoms with Crippen molar-refractivity contribution in [2.24, 2.45) is 0 Å². The minimum Gasteiger partial charge on any atom is -0.329 e. The van der Waals surface area contributed by atoms with Gasteiger partial charge in [-0.25, -0.2) is 8.42 Å². The number of halogens is 3. The fraction of sp³-hybridized carbons (Fsp3) is 0.105. The molecule has 4 rings (SSSR count). The molecule has 0 bridgehead atoms. The van der Waals surface area contributed by atoms with Gasteiger partial charge in [0.25, 0.3) is 10.0 Å². The molecule has 2 aromatic carbocycles. The number of rotatable bonds is 4. The Bertz CT molecular complexity index is 1330. The van der Waals surface area contributed by atoms with Crippen molar-refractivity contribution in [1.29, 1.82) is 0 Å². The second kappa shape index (κ2) is 7.10. The van der Waals surface area contributed by atoms with E-state index in [4.69, 9.17) is 0 Å². The molecule has 154 valence electrons. The van der Waals surface area contributed by atoms with Gasteiger partial charge in [0.05, 0.1) is 10.4 Å². The van der Waals surface area contributed by atoms with Crippen molar-refractivity contribution >= 4 is 26.6 Å². The van der Waals surface area contributed by atoms with Crippen LogP contribution in [0.5, 0.6) is 0 Å². The molecule has 1 N–H and O–H groups in total. The maximum atomic E-state index is 13.0. The topological polar surface area (TPSA) is 98.0 Å². The summed E-state index contributed by atoms with van der Waals surface area (Å²) >= 11 is 0. The normalized spacial score (nSPS) is 12.3. The van der Waals surface area contributed by atoms with E-state index >= 15 is 0 Å². The van der Waals surface area contributed by atoms with Crippen LogP contribution in [-0.4, -0.2) is 23.5 Å². The maximum absolute atomic E-state index is 13.0. The Hall–Kier alpha value is -3.47. The van der Waals surface area contributed by atoms with Gasteiger partial charge in [0, 0.05) is 22.8 Å². The summed E-state index contributed by atoms with van der Waals surface area (Å²) in [4.78, 5) is 7.58.